The molecule has 0 bridgehead atoms. The van der Waals surface area contributed by atoms with Crippen LogP contribution in [0, 0.1) is 11.6 Å². The van der Waals surface area contributed by atoms with Crippen LogP contribution >= 0.6 is 0 Å². The van der Waals surface area contributed by atoms with Crippen molar-refractivity contribution in [2.45, 2.75) is 25.5 Å². The van der Waals surface area contributed by atoms with Crippen LogP contribution in [0.1, 0.15) is 24.1 Å². The van der Waals surface area contributed by atoms with Crippen molar-refractivity contribution in [3.05, 3.63) is 65.2 Å². The molecule has 0 aliphatic carbocycles. The summed E-state index contributed by atoms with van der Waals surface area (Å²) < 4.78 is 32.1. The monoisotopic (exact) mass is 289 g/mol. The van der Waals surface area contributed by atoms with Gasteiger partial charge >= 0.3 is 0 Å². The number of benzene rings is 2. The smallest absolute Gasteiger partial charge is 0.123 e. The molecule has 3 rings (SSSR count). The second-order valence-electron chi connectivity index (χ2n) is 5.38. The maximum Gasteiger partial charge on any atom is 0.123 e. The molecule has 0 aromatic heterocycles. The molecule has 2 aromatic carbocycles. The molecule has 2 atom stereocenters. The van der Waals surface area contributed by atoms with E-state index >= 15 is 0 Å². The van der Waals surface area contributed by atoms with E-state index < -0.39 is 0 Å². The van der Waals surface area contributed by atoms with Crippen LogP contribution in [0.4, 0.5) is 8.78 Å². The van der Waals surface area contributed by atoms with E-state index in [9.17, 15) is 8.78 Å². The molecule has 2 nitrogen and oxygen atoms in total. The molecule has 4 heteroatoms. The highest BCUT2D eigenvalue weighted by molar-refractivity contribution is 5.38. The zero-order valence-corrected chi connectivity index (χ0v) is 11.8. The van der Waals surface area contributed by atoms with Gasteiger partial charge in [-0.1, -0.05) is 12.1 Å². The SMILES string of the molecule is CC(NCC1Cc2cc(F)ccc2O1)c1cccc(F)c1. The molecule has 1 N–H and O–H groups in total. The lowest BCUT2D eigenvalue weighted by Gasteiger charge is -2.17. The molecule has 0 amide bonds. The summed E-state index contributed by atoms with van der Waals surface area (Å²) in [5.41, 5.74) is 1.80. The summed E-state index contributed by atoms with van der Waals surface area (Å²) in [4.78, 5) is 0. The van der Waals surface area contributed by atoms with Gasteiger partial charge < -0.3 is 10.1 Å². The van der Waals surface area contributed by atoms with E-state index in [1.165, 1.54) is 24.3 Å². The number of fused-ring (bicyclic) bond motifs is 1. The minimum Gasteiger partial charge on any atom is -0.488 e. The summed E-state index contributed by atoms with van der Waals surface area (Å²) >= 11 is 0. The van der Waals surface area contributed by atoms with Crippen LogP contribution in [0.3, 0.4) is 0 Å². The third kappa shape index (κ3) is 3.22. The molecular formula is C17H17F2NO. The summed E-state index contributed by atoms with van der Waals surface area (Å²) in [6, 6.07) is 11.2. The van der Waals surface area contributed by atoms with Gasteiger partial charge in [-0.15, -0.1) is 0 Å². The third-order valence-corrected chi connectivity index (χ3v) is 3.76. The molecule has 1 heterocycles. The minimum absolute atomic E-state index is 0.0159. The number of hydrogen-bond acceptors (Lipinski definition) is 2. The Hall–Kier alpha value is -1.94. The Bertz CT molecular complexity index is 644. The van der Waals surface area contributed by atoms with Gasteiger partial charge in [0.2, 0.25) is 0 Å². The fourth-order valence-corrected chi connectivity index (χ4v) is 2.60. The first kappa shape index (κ1) is 14.0. The molecule has 110 valence electrons. The fourth-order valence-electron chi connectivity index (χ4n) is 2.60. The third-order valence-electron chi connectivity index (χ3n) is 3.76. The number of nitrogens with one attached hydrogen (secondary N) is 1. The van der Waals surface area contributed by atoms with Crippen LogP contribution in [-0.2, 0) is 6.42 Å². The molecule has 0 spiro atoms. The lowest BCUT2D eigenvalue weighted by atomic mass is 10.1. The van der Waals surface area contributed by atoms with E-state index in [2.05, 4.69) is 5.32 Å². The van der Waals surface area contributed by atoms with E-state index in [4.69, 9.17) is 4.74 Å². The number of hydrogen-bond donors (Lipinski definition) is 1. The van der Waals surface area contributed by atoms with Crippen LogP contribution in [0.2, 0.25) is 0 Å². The average molecular weight is 289 g/mol. The lowest BCUT2D eigenvalue weighted by Crippen LogP contribution is -2.31. The molecule has 0 saturated heterocycles. The van der Waals surface area contributed by atoms with Crippen molar-refractivity contribution in [3.8, 4) is 5.75 Å². The number of halogens is 2. The highest BCUT2D eigenvalue weighted by atomic mass is 19.1. The number of ether oxygens (including phenoxy) is 1. The Labute approximate surface area is 122 Å². The summed E-state index contributed by atoms with van der Waals surface area (Å²) in [6.07, 6.45) is 0.675. The van der Waals surface area contributed by atoms with E-state index in [-0.39, 0.29) is 23.8 Å². The van der Waals surface area contributed by atoms with Gasteiger partial charge in [0, 0.05) is 24.6 Å². The van der Waals surface area contributed by atoms with Gasteiger partial charge in [0.25, 0.3) is 0 Å². The first-order valence-electron chi connectivity index (χ1n) is 7.06. The summed E-state index contributed by atoms with van der Waals surface area (Å²) in [5.74, 6) is 0.279. The molecule has 21 heavy (non-hydrogen) atoms. The van der Waals surface area contributed by atoms with E-state index in [1.54, 1.807) is 12.1 Å². The zero-order valence-electron chi connectivity index (χ0n) is 11.8. The Morgan fingerprint density at radius 2 is 2.00 bits per heavy atom. The summed E-state index contributed by atoms with van der Waals surface area (Å²) in [6.45, 7) is 2.62. The van der Waals surface area contributed by atoms with Crippen LogP contribution < -0.4 is 10.1 Å². The maximum atomic E-state index is 13.2. The minimum atomic E-state index is -0.237. The predicted octanol–water partition coefficient (Wildman–Crippen LogP) is 3.62. The molecule has 2 aromatic rings. The molecule has 1 aliphatic rings. The first-order valence-corrected chi connectivity index (χ1v) is 7.06. The van der Waals surface area contributed by atoms with E-state index in [0.717, 1.165) is 16.9 Å². The van der Waals surface area contributed by atoms with Crippen LogP contribution in [0.15, 0.2) is 42.5 Å². The van der Waals surface area contributed by atoms with E-state index in [1.807, 2.05) is 13.0 Å². The van der Waals surface area contributed by atoms with Gasteiger partial charge in [-0.25, -0.2) is 8.78 Å². The molecule has 0 fully saturated rings. The normalized spacial score (nSPS) is 18.1. The van der Waals surface area contributed by atoms with Crippen LogP contribution in [0.25, 0.3) is 0 Å². The fraction of sp³-hybridized carbons (Fsp3) is 0.294. The van der Waals surface area contributed by atoms with Crippen molar-refractivity contribution in [2.24, 2.45) is 0 Å². The van der Waals surface area contributed by atoms with Crippen molar-refractivity contribution in [1.29, 1.82) is 0 Å². The molecule has 2 unspecified atom stereocenters. The van der Waals surface area contributed by atoms with Crippen molar-refractivity contribution in [2.75, 3.05) is 6.54 Å². The Kier molecular flexibility index (Phi) is 3.88. The van der Waals surface area contributed by atoms with Crippen molar-refractivity contribution < 1.29 is 13.5 Å². The van der Waals surface area contributed by atoms with Gasteiger partial charge in [-0.2, -0.15) is 0 Å². The molecule has 0 saturated carbocycles. The highest BCUT2D eigenvalue weighted by Crippen LogP contribution is 2.29. The Balaban J connectivity index is 1.57. The lowest BCUT2D eigenvalue weighted by molar-refractivity contribution is 0.222. The number of rotatable bonds is 4. The molecule has 1 aliphatic heterocycles. The quantitative estimate of drug-likeness (QED) is 0.928. The molecular weight excluding hydrogens is 272 g/mol. The Morgan fingerprint density at radius 1 is 1.19 bits per heavy atom. The van der Waals surface area contributed by atoms with Gasteiger partial charge in [0.05, 0.1) is 0 Å². The Morgan fingerprint density at radius 3 is 2.81 bits per heavy atom. The second-order valence-corrected chi connectivity index (χ2v) is 5.38. The van der Waals surface area contributed by atoms with Crippen LogP contribution in [-0.4, -0.2) is 12.6 Å². The second kappa shape index (κ2) is 5.82. The van der Waals surface area contributed by atoms with Crippen molar-refractivity contribution in [1.82, 2.24) is 5.32 Å². The van der Waals surface area contributed by atoms with Gasteiger partial charge in [0.1, 0.15) is 23.5 Å². The first-order chi connectivity index (χ1) is 10.1. The van der Waals surface area contributed by atoms with Gasteiger partial charge in [0.15, 0.2) is 0 Å². The van der Waals surface area contributed by atoms with Gasteiger partial charge in [-0.05, 0) is 42.8 Å². The summed E-state index contributed by atoms with van der Waals surface area (Å²) in [5, 5.41) is 3.33. The average Bonchev–Trinajstić information content (AvgIpc) is 2.86. The standard InChI is InChI=1S/C17H17F2NO/c1-11(12-3-2-4-14(18)7-12)20-10-16-9-13-8-15(19)5-6-17(13)21-16/h2-8,11,16,20H,9-10H2,1H3. The van der Waals surface area contributed by atoms with E-state index in [0.29, 0.717) is 13.0 Å². The maximum absolute atomic E-state index is 13.2. The summed E-state index contributed by atoms with van der Waals surface area (Å²) in [7, 11) is 0. The predicted molar refractivity (Wildman–Crippen MR) is 77.3 cm³/mol. The van der Waals surface area contributed by atoms with Crippen LogP contribution in [0.5, 0.6) is 5.75 Å². The topological polar surface area (TPSA) is 21.3 Å². The van der Waals surface area contributed by atoms with Crippen molar-refractivity contribution in [3.63, 3.8) is 0 Å². The highest BCUT2D eigenvalue weighted by Gasteiger charge is 2.23. The zero-order chi connectivity index (χ0) is 14.8. The van der Waals surface area contributed by atoms with Gasteiger partial charge in [-0.3, -0.25) is 0 Å². The largest absolute Gasteiger partial charge is 0.488 e. The molecule has 0 radical (unpaired) electrons. The van der Waals surface area contributed by atoms with Crippen molar-refractivity contribution >= 4 is 0 Å².